The molecule has 0 spiro atoms. The van der Waals surface area contributed by atoms with E-state index in [4.69, 9.17) is 4.74 Å². The molecular weight excluding hydrogens is 393 g/mol. The number of amides is 1. The second-order valence-electron chi connectivity index (χ2n) is 6.50. The van der Waals surface area contributed by atoms with Gasteiger partial charge in [0.2, 0.25) is 11.1 Å². The maximum Gasteiger partial charge on any atom is 0.240 e. The van der Waals surface area contributed by atoms with Gasteiger partial charge >= 0.3 is 0 Å². The molecule has 0 saturated carbocycles. The predicted octanol–water partition coefficient (Wildman–Crippen LogP) is 3.39. The zero-order valence-corrected chi connectivity index (χ0v) is 16.7. The van der Waals surface area contributed by atoms with E-state index in [1.165, 1.54) is 23.9 Å². The molecule has 1 aliphatic rings. The van der Waals surface area contributed by atoms with Crippen molar-refractivity contribution < 1.29 is 13.9 Å². The third-order valence-corrected chi connectivity index (χ3v) is 5.88. The Hall–Kier alpha value is -3.07. The number of anilines is 1. The molecule has 0 fully saturated rings. The SMILES string of the molecule is CCc1nnc2n1N[C@H](c1ccc(F)cc1)[C@H](C(=O)Nc1ccc(OC)cc1)S2. The van der Waals surface area contributed by atoms with Crippen LogP contribution in [0.2, 0.25) is 0 Å². The number of nitrogens with one attached hydrogen (secondary N) is 2. The van der Waals surface area contributed by atoms with Crippen molar-refractivity contribution >= 4 is 23.4 Å². The number of fused-ring (bicyclic) bond motifs is 1. The van der Waals surface area contributed by atoms with Crippen LogP contribution in [-0.4, -0.2) is 33.1 Å². The van der Waals surface area contributed by atoms with E-state index in [1.54, 1.807) is 48.2 Å². The predicted molar refractivity (Wildman–Crippen MR) is 109 cm³/mol. The lowest BCUT2D eigenvalue weighted by Crippen LogP contribution is -2.41. The molecule has 0 radical (unpaired) electrons. The van der Waals surface area contributed by atoms with E-state index in [2.05, 4.69) is 20.9 Å². The van der Waals surface area contributed by atoms with Gasteiger partial charge in [-0.15, -0.1) is 10.2 Å². The Kier molecular flexibility index (Phi) is 5.39. The highest BCUT2D eigenvalue weighted by Gasteiger charge is 2.37. The average Bonchev–Trinajstić information content (AvgIpc) is 3.16. The number of nitrogens with zero attached hydrogens (tertiary/aromatic N) is 3. The molecule has 4 rings (SSSR count). The van der Waals surface area contributed by atoms with Crippen LogP contribution in [0.5, 0.6) is 5.75 Å². The van der Waals surface area contributed by atoms with Crippen molar-refractivity contribution in [3.63, 3.8) is 0 Å². The van der Waals surface area contributed by atoms with E-state index < -0.39 is 5.25 Å². The van der Waals surface area contributed by atoms with Gasteiger partial charge in [-0.05, 0) is 42.0 Å². The molecule has 2 N–H and O–H groups in total. The van der Waals surface area contributed by atoms with Crippen LogP contribution in [0.1, 0.15) is 24.4 Å². The minimum absolute atomic E-state index is 0.186. The maximum atomic E-state index is 13.4. The Balaban J connectivity index is 1.63. The molecule has 3 aromatic rings. The summed E-state index contributed by atoms with van der Waals surface area (Å²) in [6, 6.07) is 12.9. The van der Waals surface area contributed by atoms with Crippen molar-refractivity contribution in [2.45, 2.75) is 29.8 Å². The number of thioether (sulfide) groups is 1. The van der Waals surface area contributed by atoms with Gasteiger partial charge in [-0.1, -0.05) is 30.8 Å². The quantitative estimate of drug-likeness (QED) is 0.667. The second-order valence-corrected chi connectivity index (χ2v) is 7.61. The number of ether oxygens (including phenoxy) is 1. The van der Waals surface area contributed by atoms with Gasteiger partial charge in [0.05, 0.1) is 13.2 Å². The molecule has 2 heterocycles. The Bertz CT molecular complexity index is 1010. The largest absolute Gasteiger partial charge is 0.497 e. The number of methoxy groups -OCH3 is 1. The standard InChI is InChI=1S/C20H20FN5O2S/c1-3-16-23-24-20-26(16)25-17(12-4-6-13(21)7-5-12)18(29-20)19(27)22-14-8-10-15(28-2)11-9-14/h4-11,17-18,25H,3H2,1-2H3,(H,22,27)/t17-,18-/m1/s1. The van der Waals surface area contributed by atoms with E-state index >= 15 is 0 Å². The van der Waals surface area contributed by atoms with Gasteiger partial charge in [0.1, 0.15) is 16.8 Å². The fourth-order valence-electron chi connectivity index (χ4n) is 3.14. The van der Waals surface area contributed by atoms with Crippen molar-refractivity contribution in [2.75, 3.05) is 17.9 Å². The van der Waals surface area contributed by atoms with Gasteiger partial charge in [0.15, 0.2) is 5.82 Å². The Morgan fingerprint density at radius 3 is 2.59 bits per heavy atom. The molecule has 9 heteroatoms. The van der Waals surface area contributed by atoms with Crippen molar-refractivity contribution in [3.05, 3.63) is 65.7 Å². The monoisotopic (exact) mass is 413 g/mol. The molecular formula is C20H20FN5O2S. The minimum atomic E-state index is -0.524. The topological polar surface area (TPSA) is 81.1 Å². The average molecular weight is 413 g/mol. The number of aromatic nitrogens is 3. The first-order valence-corrected chi connectivity index (χ1v) is 10.0. The van der Waals surface area contributed by atoms with Crippen molar-refractivity contribution in [3.8, 4) is 5.75 Å². The van der Waals surface area contributed by atoms with E-state index in [0.29, 0.717) is 23.0 Å². The molecule has 0 unspecified atom stereocenters. The minimum Gasteiger partial charge on any atom is -0.497 e. The summed E-state index contributed by atoms with van der Waals surface area (Å²) in [5.41, 5.74) is 4.80. The normalized spacial score (nSPS) is 17.9. The van der Waals surface area contributed by atoms with E-state index in [1.807, 2.05) is 6.92 Å². The van der Waals surface area contributed by atoms with Crippen LogP contribution in [0.15, 0.2) is 53.7 Å². The summed E-state index contributed by atoms with van der Waals surface area (Å²) >= 11 is 1.33. The Morgan fingerprint density at radius 1 is 1.21 bits per heavy atom. The molecule has 0 aliphatic carbocycles. The number of benzene rings is 2. The van der Waals surface area contributed by atoms with Crippen molar-refractivity contribution in [2.24, 2.45) is 0 Å². The lowest BCUT2D eigenvalue weighted by Gasteiger charge is -2.33. The van der Waals surface area contributed by atoms with Crippen LogP contribution in [0, 0.1) is 5.82 Å². The number of aryl methyl sites for hydroxylation is 1. The first-order valence-electron chi connectivity index (χ1n) is 9.17. The summed E-state index contributed by atoms with van der Waals surface area (Å²) in [4.78, 5) is 13.1. The molecule has 1 aliphatic heterocycles. The number of hydrogen-bond donors (Lipinski definition) is 2. The van der Waals surface area contributed by atoms with E-state index in [9.17, 15) is 9.18 Å². The van der Waals surface area contributed by atoms with Crippen LogP contribution in [-0.2, 0) is 11.2 Å². The molecule has 150 valence electrons. The molecule has 0 bridgehead atoms. The van der Waals surface area contributed by atoms with Gasteiger partial charge < -0.3 is 15.5 Å². The number of carbonyl (C=O) groups excluding carboxylic acids is 1. The maximum absolute atomic E-state index is 13.4. The third-order valence-electron chi connectivity index (χ3n) is 4.67. The van der Waals surface area contributed by atoms with E-state index in [-0.39, 0.29) is 17.8 Å². The van der Waals surface area contributed by atoms with Gasteiger partial charge in [0, 0.05) is 12.1 Å². The highest BCUT2D eigenvalue weighted by atomic mass is 32.2. The molecule has 1 aromatic heterocycles. The second kappa shape index (κ2) is 8.12. The van der Waals surface area contributed by atoms with Crippen LogP contribution in [0.3, 0.4) is 0 Å². The Labute approximate surface area is 171 Å². The number of hydrogen-bond acceptors (Lipinski definition) is 6. The van der Waals surface area contributed by atoms with Crippen LogP contribution < -0.4 is 15.5 Å². The van der Waals surface area contributed by atoms with Gasteiger partial charge in [0.25, 0.3) is 0 Å². The first kappa shape index (κ1) is 19.3. The molecule has 29 heavy (non-hydrogen) atoms. The molecule has 2 aromatic carbocycles. The highest BCUT2D eigenvalue weighted by molar-refractivity contribution is 8.00. The lowest BCUT2D eigenvalue weighted by molar-refractivity contribution is -0.116. The van der Waals surface area contributed by atoms with Crippen LogP contribution in [0.25, 0.3) is 0 Å². The van der Waals surface area contributed by atoms with Crippen LogP contribution >= 0.6 is 11.8 Å². The fourth-order valence-corrected chi connectivity index (χ4v) is 4.23. The van der Waals surface area contributed by atoms with Gasteiger partial charge in [-0.3, -0.25) is 4.79 Å². The van der Waals surface area contributed by atoms with Gasteiger partial charge in [-0.25, -0.2) is 9.07 Å². The third kappa shape index (κ3) is 3.91. The first-order chi connectivity index (χ1) is 14.1. The Morgan fingerprint density at radius 2 is 1.93 bits per heavy atom. The summed E-state index contributed by atoms with van der Waals surface area (Å²) in [5.74, 6) is 0.972. The zero-order valence-electron chi connectivity index (χ0n) is 15.9. The van der Waals surface area contributed by atoms with Gasteiger partial charge in [-0.2, -0.15) is 0 Å². The summed E-state index contributed by atoms with van der Waals surface area (Å²) < 4.78 is 20.4. The van der Waals surface area contributed by atoms with Crippen molar-refractivity contribution in [1.29, 1.82) is 0 Å². The lowest BCUT2D eigenvalue weighted by atomic mass is 10.0. The molecule has 1 amide bonds. The number of halogens is 1. The summed E-state index contributed by atoms with van der Waals surface area (Å²) in [5, 5.41) is 11.4. The summed E-state index contributed by atoms with van der Waals surface area (Å²) in [6.45, 7) is 1.99. The smallest absolute Gasteiger partial charge is 0.240 e. The fraction of sp³-hybridized carbons (Fsp3) is 0.250. The van der Waals surface area contributed by atoms with Crippen LogP contribution in [0.4, 0.5) is 10.1 Å². The molecule has 0 saturated heterocycles. The number of rotatable bonds is 5. The van der Waals surface area contributed by atoms with E-state index in [0.717, 1.165) is 11.4 Å². The zero-order chi connectivity index (χ0) is 20.4. The molecule has 2 atom stereocenters. The molecule has 7 nitrogen and oxygen atoms in total. The summed E-state index contributed by atoms with van der Waals surface area (Å²) in [7, 11) is 1.59. The van der Waals surface area contributed by atoms with Crippen molar-refractivity contribution in [1.82, 2.24) is 14.9 Å². The number of carbonyl (C=O) groups is 1. The highest BCUT2D eigenvalue weighted by Crippen LogP contribution is 2.37. The summed E-state index contributed by atoms with van der Waals surface area (Å²) in [6.07, 6.45) is 0.694.